The van der Waals surface area contributed by atoms with Crippen molar-refractivity contribution in [1.82, 2.24) is 4.57 Å². The molecular formula is C28H20BNO2. The zero-order valence-electron chi connectivity index (χ0n) is 17.3. The van der Waals surface area contributed by atoms with Crippen LogP contribution in [0.15, 0.2) is 109 Å². The highest BCUT2D eigenvalue weighted by atomic mass is 16.4. The number of aromatic nitrogens is 1. The average molecular weight is 413 g/mol. The topological polar surface area (TPSA) is 45.4 Å². The fourth-order valence-electron chi connectivity index (χ4n) is 4.70. The maximum atomic E-state index is 9.75. The molecule has 6 rings (SSSR count). The molecule has 0 aliphatic heterocycles. The van der Waals surface area contributed by atoms with E-state index < -0.39 is 7.12 Å². The number of hydrogen-bond acceptors (Lipinski definition) is 2. The fourth-order valence-corrected chi connectivity index (χ4v) is 4.70. The lowest BCUT2D eigenvalue weighted by Crippen LogP contribution is -2.29. The number of para-hydroxylation sites is 2. The molecule has 152 valence electrons. The largest absolute Gasteiger partial charge is 0.488 e. The van der Waals surface area contributed by atoms with Gasteiger partial charge in [0.05, 0.1) is 11.0 Å². The molecule has 0 bridgehead atoms. The van der Waals surface area contributed by atoms with Crippen LogP contribution in [-0.4, -0.2) is 21.7 Å². The van der Waals surface area contributed by atoms with Gasteiger partial charge in [0.25, 0.3) is 0 Å². The van der Waals surface area contributed by atoms with Crippen LogP contribution in [0.25, 0.3) is 49.4 Å². The molecule has 32 heavy (non-hydrogen) atoms. The second-order valence-corrected chi connectivity index (χ2v) is 8.08. The van der Waals surface area contributed by atoms with E-state index in [1.54, 1.807) is 6.07 Å². The first kappa shape index (κ1) is 18.9. The number of hydrogen-bond donors (Lipinski definition) is 2. The molecule has 0 atom stereocenters. The van der Waals surface area contributed by atoms with Crippen LogP contribution in [0.4, 0.5) is 0 Å². The van der Waals surface area contributed by atoms with Gasteiger partial charge in [-0.05, 0) is 46.1 Å². The van der Waals surface area contributed by atoms with Crippen molar-refractivity contribution >= 4 is 45.2 Å². The van der Waals surface area contributed by atoms with Gasteiger partial charge < -0.3 is 14.6 Å². The highest BCUT2D eigenvalue weighted by Gasteiger charge is 2.18. The van der Waals surface area contributed by atoms with Crippen molar-refractivity contribution in [1.29, 1.82) is 0 Å². The Labute approximate surface area is 185 Å². The van der Waals surface area contributed by atoms with Gasteiger partial charge in [-0.3, -0.25) is 0 Å². The highest BCUT2D eigenvalue weighted by molar-refractivity contribution is 6.58. The van der Waals surface area contributed by atoms with E-state index in [0.29, 0.717) is 5.46 Å². The second kappa shape index (κ2) is 7.38. The van der Waals surface area contributed by atoms with Gasteiger partial charge in [-0.15, -0.1) is 0 Å². The standard InChI is InChI=1S/C28H20BNO2/c31-29(32)22-9-5-10-23(18-22)30-27-14-4-3-11-25(27)26-13-6-12-24(28(26)30)21-16-15-19-7-1-2-8-20(19)17-21/h1-18,31-32H. The molecule has 0 saturated carbocycles. The summed E-state index contributed by atoms with van der Waals surface area (Å²) < 4.78 is 2.22. The zero-order valence-corrected chi connectivity index (χ0v) is 17.3. The molecule has 0 saturated heterocycles. The van der Waals surface area contributed by atoms with Crippen molar-refractivity contribution in [2.75, 3.05) is 0 Å². The first-order chi connectivity index (χ1) is 15.7. The molecule has 0 aliphatic rings. The third-order valence-electron chi connectivity index (χ3n) is 6.18. The Morgan fingerprint density at radius 2 is 1.34 bits per heavy atom. The molecule has 0 fully saturated rings. The van der Waals surface area contributed by atoms with Gasteiger partial charge in [0.1, 0.15) is 0 Å². The van der Waals surface area contributed by atoms with Crippen LogP contribution in [0, 0.1) is 0 Å². The van der Waals surface area contributed by atoms with Gasteiger partial charge in [-0.2, -0.15) is 0 Å². The maximum Gasteiger partial charge on any atom is 0.488 e. The number of benzene rings is 5. The summed E-state index contributed by atoms with van der Waals surface area (Å²) in [6, 6.07) is 37.2. The lowest BCUT2D eigenvalue weighted by atomic mass is 9.80. The molecule has 1 heterocycles. The van der Waals surface area contributed by atoms with Gasteiger partial charge in [0.2, 0.25) is 0 Å². The van der Waals surface area contributed by atoms with Crippen LogP contribution in [0.3, 0.4) is 0 Å². The first-order valence-electron chi connectivity index (χ1n) is 10.7. The lowest BCUT2D eigenvalue weighted by molar-refractivity contribution is 0.426. The predicted octanol–water partition coefficient (Wildman–Crippen LogP) is 5.28. The lowest BCUT2D eigenvalue weighted by Gasteiger charge is -2.13. The molecule has 0 amide bonds. The molecule has 6 aromatic rings. The van der Waals surface area contributed by atoms with Gasteiger partial charge in [0.15, 0.2) is 0 Å². The van der Waals surface area contributed by atoms with E-state index in [1.165, 1.54) is 21.5 Å². The Hall–Kier alpha value is -3.86. The van der Waals surface area contributed by atoms with E-state index in [1.807, 2.05) is 24.3 Å². The summed E-state index contributed by atoms with van der Waals surface area (Å²) in [4.78, 5) is 0. The van der Waals surface area contributed by atoms with Crippen LogP contribution < -0.4 is 5.46 Å². The van der Waals surface area contributed by atoms with Gasteiger partial charge >= 0.3 is 7.12 Å². The number of nitrogens with zero attached hydrogens (tertiary/aromatic N) is 1. The van der Waals surface area contributed by atoms with E-state index in [9.17, 15) is 10.0 Å². The van der Waals surface area contributed by atoms with Gasteiger partial charge in [-0.1, -0.05) is 84.9 Å². The molecule has 2 N–H and O–H groups in total. The highest BCUT2D eigenvalue weighted by Crippen LogP contribution is 2.38. The van der Waals surface area contributed by atoms with Gasteiger partial charge in [-0.25, -0.2) is 0 Å². The molecule has 4 heteroatoms. The number of rotatable bonds is 3. The zero-order chi connectivity index (χ0) is 21.7. The van der Waals surface area contributed by atoms with Crippen molar-refractivity contribution < 1.29 is 10.0 Å². The molecule has 0 aliphatic carbocycles. The summed E-state index contributed by atoms with van der Waals surface area (Å²) in [6.07, 6.45) is 0. The minimum atomic E-state index is -1.51. The first-order valence-corrected chi connectivity index (χ1v) is 10.7. The summed E-state index contributed by atoms with van der Waals surface area (Å²) >= 11 is 0. The molecular weight excluding hydrogens is 393 g/mol. The van der Waals surface area contributed by atoms with E-state index in [0.717, 1.165) is 27.8 Å². The van der Waals surface area contributed by atoms with E-state index in [2.05, 4.69) is 83.4 Å². The summed E-state index contributed by atoms with van der Waals surface area (Å²) in [6.45, 7) is 0. The van der Waals surface area contributed by atoms with Crippen molar-refractivity contribution in [3.05, 3.63) is 109 Å². The Morgan fingerprint density at radius 3 is 2.22 bits per heavy atom. The molecule has 0 radical (unpaired) electrons. The molecule has 0 spiro atoms. The van der Waals surface area contributed by atoms with Crippen LogP contribution in [-0.2, 0) is 0 Å². The SMILES string of the molecule is OB(O)c1cccc(-n2c3ccccc3c3cccc(-c4ccc5ccccc5c4)c32)c1. The Morgan fingerprint density at radius 1 is 0.594 bits per heavy atom. The van der Waals surface area contributed by atoms with Gasteiger partial charge in [0, 0.05) is 22.0 Å². The summed E-state index contributed by atoms with van der Waals surface area (Å²) in [5.41, 5.74) is 5.84. The normalized spacial score (nSPS) is 11.4. The van der Waals surface area contributed by atoms with Crippen molar-refractivity contribution in [2.24, 2.45) is 0 Å². The molecule has 3 nitrogen and oxygen atoms in total. The summed E-state index contributed by atoms with van der Waals surface area (Å²) in [7, 11) is -1.51. The van der Waals surface area contributed by atoms with E-state index in [4.69, 9.17) is 0 Å². The monoisotopic (exact) mass is 413 g/mol. The minimum absolute atomic E-state index is 0.469. The van der Waals surface area contributed by atoms with E-state index in [-0.39, 0.29) is 0 Å². The molecule has 5 aromatic carbocycles. The summed E-state index contributed by atoms with van der Waals surface area (Å²) in [5, 5.41) is 24.3. The second-order valence-electron chi connectivity index (χ2n) is 8.08. The van der Waals surface area contributed by atoms with Crippen LogP contribution in [0.2, 0.25) is 0 Å². The maximum absolute atomic E-state index is 9.75. The average Bonchev–Trinajstić information content (AvgIpc) is 3.18. The predicted molar refractivity (Wildman–Crippen MR) is 134 cm³/mol. The van der Waals surface area contributed by atoms with Crippen LogP contribution in [0.1, 0.15) is 0 Å². The van der Waals surface area contributed by atoms with Crippen molar-refractivity contribution in [2.45, 2.75) is 0 Å². The Bertz CT molecular complexity index is 1620. The van der Waals surface area contributed by atoms with Crippen molar-refractivity contribution in [3.63, 3.8) is 0 Å². The van der Waals surface area contributed by atoms with Crippen LogP contribution >= 0.6 is 0 Å². The fraction of sp³-hybridized carbons (Fsp3) is 0. The smallest absolute Gasteiger partial charge is 0.423 e. The molecule has 0 unspecified atom stereocenters. The Balaban J connectivity index is 1.72. The summed E-state index contributed by atoms with van der Waals surface area (Å²) in [5.74, 6) is 0. The Kier molecular flexibility index (Phi) is 4.35. The van der Waals surface area contributed by atoms with E-state index >= 15 is 0 Å². The molecule has 1 aromatic heterocycles. The quantitative estimate of drug-likeness (QED) is 0.388. The van der Waals surface area contributed by atoms with Crippen molar-refractivity contribution in [3.8, 4) is 16.8 Å². The third-order valence-corrected chi connectivity index (χ3v) is 6.18. The van der Waals surface area contributed by atoms with Crippen LogP contribution in [0.5, 0.6) is 0 Å². The minimum Gasteiger partial charge on any atom is -0.423 e. The number of fused-ring (bicyclic) bond motifs is 4. The third kappa shape index (κ3) is 2.93.